The van der Waals surface area contributed by atoms with E-state index in [1.165, 1.54) is 12.1 Å². The molecule has 0 radical (unpaired) electrons. The molecule has 0 aliphatic rings. The summed E-state index contributed by atoms with van der Waals surface area (Å²) in [4.78, 5) is 0. The van der Waals surface area contributed by atoms with Crippen molar-refractivity contribution in [3.63, 3.8) is 0 Å². The topological polar surface area (TPSA) is 35.2 Å². The predicted octanol–water partition coefficient (Wildman–Crippen LogP) is 3.93. The molecule has 0 bridgehead atoms. The van der Waals surface area contributed by atoms with Gasteiger partial charge in [0.05, 0.1) is 17.7 Å². The summed E-state index contributed by atoms with van der Waals surface area (Å²) in [5, 5.41) is 0.0963. The Labute approximate surface area is 117 Å². The molecular formula is C15H15ClFNO. The predicted molar refractivity (Wildman–Crippen MR) is 75.1 cm³/mol. The van der Waals surface area contributed by atoms with Crippen LogP contribution in [0.4, 0.5) is 4.39 Å². The van der Waals surface area contributed by atoms with Crippen molar-refractivity contribution in [1.29, 1.82) is 0 Å². The molecule has 2 aromatic rings. The minimum Gasteiger partial charge on any atom is -0.494 e. The maximum Gasteiger partial charge on any atom is 0.142 e. The third kappa shape index (κ3) is 3.25. The lowest BCUT2D eigenvalue weighted by molar-refractivity contribution is 0.340. The highest BCUT2D eigenvalue weighted by atomic mass is 35.5. The van der Waals surface area contributed by atoms with E-state index in [0.29, 0.717) is 12.2 Å². The van der Waals surface area contributed by atoms with Gasteiger partial charge in [0.15, 0.2) is 0 Å². The largest absolute Gasteiger partial charge is 0.494 e. The van der Waals surface area contributed by atoms with Crippen LogP contribution in [0, 0.1) is 5.82 Å². The van der Waals surface area contributed by atoms with Crippen LogP contribution >= 0.6 is 11.6 Å². The third-order valence-electron chi connectivity index (χ3n) is 2.83. The Balaban J connectivity index is 2.29. The Morgan fingerprint density at radius 2 is 1.95 bits per heavy atom. The van der Waals surface area contributed by atoms with Crippen LogP contribution in [0.2, 0.25) is 5.02 Å². The van der Waals surface area contributed by atoms with Gasteiger partial charge in [-0.3, -0.25) is 0 Å². The van der Waals surface area contributed by atoms with Crippen LogP contribution in [-0.4, -0.2) is 6.61 Å². The zero-order valence-electron chi connectivity index (χ0n) is 10.6. The van der Waals surface area contributed by atoms with Crippen molar-refractivity contribution in [2.45, 2.75) is 13.0 Å². The summed E-state index contributed by atoms with van der Waals surface area (Å²) in [6, 6.07) is 11.7. The monoisotopic (exact) mass is 279 g/mol. The second-order valence-corrected chi connectivity index (χ2v) is 4.56. The van der Waals surface area contributed by atoms with Crippen LogP contribution in [0.5, 0.6) is 5.75 Å². The first-order valence-corrected chi connectivity index (χ1v) is 6.43. The molecule has 0 saturated carbocycles. The normalized spacial score (nSPS) is 12.2. The van der Waals surface area contributed by atoms with E-state index < -0.39 is 11.9 Å². The highest BCUT2D eigenvalue weighted by molar-refractivity contribution is 6.30. The van der Waals surface area contributed by atoms with E-state index >= 15 is 0 Å². The summed E-state index contributed by atoms with van der Waals surface area (Å²) in [6.45, 7) is 2.51. The fourth-order valence-electron chi connectivity index (χ4n) is 1.86. The lowest BCUT2D eigenvalue weighted by Crippen LogP contribution is -2.12. The van der Waals surface area contributed by atoms with Crippen molar-refractivity contribution in [2.24, 2.45) is 5.73 Å². The summed E-state index contributed by atoms with van der Waals surface area (Å²) in [5.41, 5.74) is 7.68. The van der Waals surface area contributed by atoms with Gasteiger partial charge in [-0.2, -0.15) is 0 Å². The second-order valence-electron chi connectivity index (χ2n) is 4.16. The van der Waals surface area contributed by atoms with E-state index in [4.69, 9.17) is 22.1 Å². The van der Waals surface area contributed by atoms with Crippen molar-refractivity contribution >= 4 is 11.6 Å². The van der Waals surface area contributed by atoms with Crippen LogP contribution in [0.1, 0.15) is 24.1 Å². The number of ether oxygens (including phenoxy) is 1. The summed E-state index contributed by atoms with van der Waals surface area (Å²) < 4.78 is 18.9. The Hall–Kier alpha value is -1.58. The molecule has 0 aliphatic carbocycles. The number of nitrogens with two attached hydrogens (primary N) is 1. The van der Waals surface area contributed by atoms with Gasteiger partial charge >= 0.3 is 0 Å². The highest BCUT2D eigenvalue weighted by Gasteiger charge is 2.11. The molecule has 1 atom stereocenters. The van der Waals surface area contributed by atoms with Crippen molar-refractivity contribution in [3.8, 4) is 5.75 Å². The minimum atomic E-state index is -0.462. The van der Waals surface area contributed by atoms with E-state index in [1.807, 2.05) is 31.2 Å². The van der Waals surface area contributed by atoms with E-state index in [1.54, 1.807) is 6.07 Å². The average molecular weight is 280 g/mol. The number of rotatable bonds is 4. The van der Waals surface area contributed by atoms with Gasteiger partial charge in [-0.1, -0.05) is 29.8 Å². The molecule has 0 aliphatic heterocycles. The molecule has 0 spiro atoms. The van der Waals surface area contributed by atoms with Gasteiger partial charge in [-0.05, 0) is 42.3 Å². The third-order valence-corrected chi connectivity index (χ3v) is 3.14. The van der Waals surface area contributed by atoms with Gasteiger partial charge in [0.1, 0.15) is 11.6 Å². The van der Waals surface area contributed by atoms with Crippen molar-refractivity contribution in [3.05, 3.63) is 64.4 Å². The maximum absolute atomic E-state index is 13.4. The molecule has 2 rings (SSSR count). The molecule has 2 aromatic carbocycles. The van der Waals surface area contributed by atoms with Gasteiger partial charge in [0.25, 0.3) is 0 Å². The zero-order chi connectivity index (χ0) is 13.8. The molecule has 0 aromatic heterocycles. The summed E-state index contributed by atoms with van der Waals surface area (Å²) in [7, 11) is 0. The van der Waals surface area contributed by atoms with E-state index in [-0.39, 0.29) is 5.02 Å². The standard InChI is InChI=1S/C15H15ClFNO/c1-2-19-12-5-3-4-10(8-12)15(18)11-6-7-13(16)14(17)9-11/h3-9,15H,2,18H2,1H3. The lowest BCUT2D eigenvalue weighted by Gasteiger charge is -2.14. The van der Waals surface area contributed by atoms with Gasteiger partial charge in [0, 0.05) is 0 Å². The lowest BCUT2D eigenvalue weighted by atomic mass is 9.99. The smallest absolute Gasteiger partial charge is 0.142 e. The van der Waals surface area contributed by atoms with E-state index in [2.05, 4.69) is 0 Å². The van der Waals surface area contributed by atoms with Crippen LogP contribution in [0.15, 0.2) is 42.5 Å². The average Bonchev–Trinajstić information content (AvgIpc) is 2.42. The molecule has 4 heteroatoms. The fraction of sp³-hybridized carbons (Fsp3) is 0.200. The zero-order valence-corrected chi connectivity index (χ0v) is 11.3. The first kappa shape index (κ1) is 13.8. The quantitative estimate of drug-likeness (QED) is 0.920. The van der Waals surface area contributed by atoms with Crippen molar-refractivity contribution in [2.75, 3.05) is 6.61 Å². The van der Waals surface area contributed by atoms with Crippen LogP contribution in [-0.2, 0) is 0 Å². The second kappa shape index (κ2) is 6.04. The molecule has 0 fully saturated rings. The summed E-state index contributed by atoms with van der Waals surface area (Å²) in [5.74, 6) is 0.292. The number of halogens is 2. The van der Waals surface area contributed by atoms with Gasteiger partial charge < -0.3 is 10.5 Å². The first-order valence-electron chi connectivity index (χ1n) is 6.05. The van der Waals surface area contributed by atoms with Crippen LogP contribution < -0.4 is 10.5 Å². The van der Waals surface area contributed by atoms with E-state index in [9.17, 15) is 4.39 Å². The van der Waals surface area contributed by atoms with Crippen LogP contribution in [0.25, 0.3) is 0 Å². The van der Waals surface area contributed by atoms with Crippen molar-refractivity contribution in [1.82, 2.24) is 0 Å². The SMILES string of the molecule is CCOc1cccc(C(N)c2ccc(Cl)c(F)c2)c1. The van der Waals surface area contributed by atoms with Crippen LogP contribution in [0.3, 0.4) is 0 Å². The highest BCUT2D eigenvalue weighted by Crippen LogP contribution is 2.25. The molecule has 2 N–H and O–H groups in total. The van der Waals surface area contributed by atoms with Gasteiger partial charge in [-0.15, -0.1) is 0 Å². The molecule has 0 saturated heterocycles. The summed E-state index contributed by atoms with van der Waals surface area (Å²) >= 11 is 5.66. The molecule has 1 unspecified atom stereocenters. The van der Waals surface area contributed by atoms with Crippen molar-refractivity contribution < 1.29 is 9.13 Å². The Morgan fingerprint density at radius 3 is 2.63 bits per heavy atom. The minimum absolute atomic E-state index is 0.0963. The van der Waals surface area contributed by atoms with Gasteiger partial charge in [0.2, 0.25) is 0 Å². The molecule has 100 valence electrons. The molecule has 0 amide bonds. The Bertz CT molecular complexity index is 574. The Kier molecular flexibility index (Phi) is 4.40. The number of benzene rings is 2. The molecule has 2 nitrogen and oxygen atoms in total. The van der Waals surface area contributed by atoms with E-state index in [0.717, 1.165) is 11.3 Å². The van der Waals surface area contributed by atoms with Gasteiger partial charge in [-0.25, -0.2) is 4.39 Å². The fourth-order valence-corrected chi connectivity index (χ4v) is 1.98. The maximum atomic E-state index is 13.4. The molecular weight excluding hydrogens is 265 g/mol. The number of hydrogen-bond acceptors (Lipinski definition) is 2. The Morgan fingerprint density at radius 1 is 1.21 bits per heavy atom. The number of hydrogen-bond donors (Lipinski definition) is 1. The molecule has 19 heavy (non-hydrogen) atoms. The summed E-state index contributed by atoms with van der Waals surface area (Å²) in [6.07, 6.45) is 0. The first-order chi connectivity index (χ1) is 9.11. The molecule has 0 heterocycles.